The van der Waals surface area contributed by atoms with Crippen molar-refractivity contribution in [3.8, 4) is 45.3 Å². The Hall–Kier alpha value is -3.72. The van der Waals surface area contributed by atoms with Crippen LogP contribution in [0.5, 0.6) is 23.0 Å². The lowest BCUT2D eigenvalue weighted by atomic mass is 9.92. The molecule has 4 aromatic rings. The lowest BCUT2D eigenvalue weighted by Crippen LogP contribution is -1.96. The molecule has 0 heterocycles. The van der Waals surface area contributed by atoms with Crippen molar-refractivity contribution in [2.45, 2.75) is 20.8 Å². The van der Waals surface area contributed by atoms with Crippen LogP contribution >= 0.6 is 0 Å². The zero-order chi connectivity index (χ0) is 22.7. The molecule has 4 rings (SSSR count). The Bertz CT molecular complexity index is 1240. The molecule has 3 nitrogen and oxygen atoms in total. The standard InChI is InChI=1S/C29H28O3/c1-19-11-14-25(22-12-15-26(30-4)20(2)17-22)29(32-24-9-7-6-8-10-24)28(19)23-13-16-27(31-5)21(3)18-23/h6-18H,1-5H3. The third kappa shape index (κ3) is 4.19. The fourth-order valence-electron chi connectivity index (χ4n) is 4.06. The SMILES string of the molecule is COc1ccc(-c2ccc(C)c(-c3ccc(OC)c(C)c3)c2Oc2ccccc2)cc1C. The minimum atomic E-state index is 0.802. The van der Waals surface area contributed by atoms with E-state index < -0.39 is 0 Å². The first-order valence-electron chi connectivity index (χ1n) is 10.7. The molecule has 0 unspecified atom stereocenters. The Morgan fingerprint density at radius 1 is 0.562 bits per heavy atom. The maximum Gasteiger partial charge on any atom is 0.143 e. The van der Waals surface area contributed by atoms with Crippen LogP contribution < -0.4 is 14.2 Å². The van der Waals surface area contributed by atoms with E-state index in [1.165, 1.54) is 0 Å². The molecule has 0 bridgehead atoms. The van der Waals surface area contributed by atoms with Crippen LogP contribution in [0, 0.1) is 20.8 Å². The van der Waals surface area contributed by atoms with Gasteiger partial charge in [-0.3, -0.25) is 0 Å². The van der Waals surface area contributed by atoms with Crippen LogP contribution in [0.25, 0.3) is 22.3 Å². The first-order chi connectivity index (χ1) is 15.5. The summed E-state index contributed by atoms with van der Waals surface area (Å²) in [5.74, 6) is 3.39. The van der Waals surface area contributed by atoms with Gasteiger partial charge in [-0.15, -0.1) is 0 Å². The van der Waals surface area contributed by atoms with Gasteiger partial charge < -0.3 is 14.2 Å². The number of methoxy groups -OCH3 is 2. The summed E-state index contributed by atoms with van der Waals surface area (Å²) in [5.41, 5.74) is 7.60. The monoisotopic (exact) mass is 424 g/mol. The molecule has 0 radical (unpaired) electrons. The minimum Gasteiger partial charge on any atom is -0.496 e. The maximum atomic E-state index is 6.56. The molecule has 0 N–H and O–H groups in total. The summed E-state index contributed by atoms with van der Waals surface area (Å²) < 4.78 is 17.5. The highest BCUT2D eigenvalue weighted by Gasteiger charge is 2.18. The highest BCUT2D eigenvalue weighted by molar-refractivity contribution is 5.85. The summed E-state index contributed by atoms with van der Waals surface area (Å²) in [7, 11) is 3.39. The van der Waals surface area contributed by atoms with Crippen molar-refractivity contribution in [2.24, 2.45) is 0 Å². The molecule has 0 aliphatic carbocycles. The predicted octanol–water partition coefficient (Wildman–Crippen LogP) is 7.76. The van der Waals surface area contributed by atoms with Gasteiger partial charge in [-0.2, -0.15) is 0 Å². The molecule has 0 aliphatic rings. The van der Waals surface area contributed by atoms with Crippen LogP contribution in [-0.2, 0) is 0 Å². The van der Waals surface area contributed by atoms with E-state index in [4.69, 9.17) is 14.2 Å². The molecule has 162 valence electrons. The predicted molar refractivity (Wildman–Crippen MR) is 131 cm³/mol. The van der Waals surface area contributed by atoms with Gasteiger partial charge in [-0.05, 0) is 85.0 Å². The summed E-state index contributed by atoms with van der Waals surface area (Å²) in [6, 6.07) is 26.7. The molecule has 0 atom stereocenters. The lowest BCUT2D eigenvalue weighted by molar-refractivity contribution is 0.411. The maximum absolute atomic E-state index is 6.56. The Labute approximate surface area is 190 Å². The normalized spacial score (nSPS) is 10.7. The van der Waals surface area contributed by atoms with Gasteiger partial charge in [0.25, 0.3) is 0 Å². The van der Waals surface area contributed by atoms with Gasteiger partial charge in [-0.25, -0.2) is 0 Å². The van der Waals surface area contributed by atoms with Gasteiger partial charge in [0.15, 0.2) is 0 Å². The summed E-state index contributed by atoms with van der Waals surface area (Å²) in [4.78, 5) is 0. The number of benzene rings is 4. The van der Waals surface area contributed by atoms with E-state index in [0.29, 0.717) is 0 Å². The van der Waals surface area contributed by atoms with Crippen molar-refractivity contribution in [3.05, 3.63) is 95.6 Å². The van der Waals surface area contributed by atoms with Gasteiger partial charge in [0, 0.05) is 11.1 Å². The van der Waals surface area contributed by atoms with Crippen LogP contribution in [0.1, 0.15) is 16.7 Å². The molecule has 0 saturated heterocycles. The third-order valence-electron chi connectivity index (χ3n) is 5.72. The summed E-state index contributed by atoms with van der Waals surface area (Å²) in [6.45, 7) is 6.24. The van der Waals surface area contributed by atoms with Crippen LogP contribution in [0.2, 0.25) is 0 Å². The fraction of sp³-hybridized carbons (Fsp3) is 0.172. The zero-order valence-corrected chi connectivity index (χ0v) is 19.2. The molecule has 0 spiro atoms. The molecule has 0 amide bonds. The summed E-state index contributed by atoms with van der Waals surface area (Å²) in [5, 5.41) is 0. The Balaban J connectivity index is 1.95. The molecule has 0 saturated carbocycles. The fourth-order valence-corrected chi connectivity index (χ4v) is 4.06. The van der Waals surface area contributed by atoms with E-state index in [0.717, 1.165) is 61.9 Å². The average molecular weight is 425 g/mol. The van der Waals surface area contributed by atoms with E-state index >= 15 is 0 Å². The largest absolute Gasteiger partial charge is 0.496 e. The molecule has 0 fully saturated rings. The highest BCUT2D eigenvalue weighted by atomic mass is 16.5. The smallest absolute Gasteiger partial charge is 0.143 e. The first-order valence-corrected chi connectivity index (χ1v) is 10.7. The molecular weight excluding hydrogens is 396 g/mol. The Kier molecular flexibility index (Phi) is 6.18. The van der Waals surface area contributed by atoms with Crippen LogP contribution in [0.3, 0.4) is 0 Å². The van der Waals surface area contributed by atoms with E-state index in [-0.39, 0.29) is 0 Å². The van der Waals surface area contributed by atoms with Gasteiger partial charge in [0.1, 0.15) is 23.0 Å². The van der Waals surface area contributed by atoms with Gasteiger partial charge >= 0.3 is 0 Å². The van der Waals surface area contributed by atoms with Crippen molar-refractivity contribution in [3.63, 3.8) is 0 Å². The number of ether oxygens (including phenoxy) is 3. The van der Waals surface area contributed by atoms with Crippen LogP contribution in [-0.4, -0.2) is 14.2 Å². The molecule has 4 aromatic carbocycles. The average Bonchev–Trinajstić information content (AvgIpc) is 2.80. The quantitative estimate of drug-likeness (QED) is 0.317. The van der Waals surface area contributed by atoms with E-state index in [1.807, 2.05) is 42.5 Å². The molecule has 0 aromatic heterocycles. The second-order valence-electron chi connectivity index (χ2n) is 7.92. The molecular formula is C29H28O3. The Morgan fingerprint density at radius 3 is 1.75 bits per heavy atom. The number of hydrogen-bond acceptors (Lipinski definition) is 3. The van der Waals surface area contributed by atoms with E-state index in [1.54, 1.807) is 14.2 Å². The van der Waals surface area contributed by atoms with Crippen LogP contribution in [0.15, 0.2) is 78.9 Å². The lowest BCUT2D eigenvalue weighted by Gasteiger charge is -2.20. The van der Waals surface area contributed by atoms with Crippen molar-refractivity contribution in [2.75, 3.05) is 14.2 Å². The number of aryl methyl sites for hydroxylation is 3. The van der Waals surface area contributed by atoms with Gasteiger partial charge in [-0.1, -0.05) is 42.5 Å². The second kappa shape index (κ2) is 9.19. The third-order valence-corrected chi connectivity index (χ3v) is 5.72. The minimum absolute atomic E-state index is 0.802. The van der Waals surface area contributed by atoms with Crippen molar-refractivity contribution >= 4 is 0 Å². The number of hydrogen-bond donors (Lipinski definition) is 0. The highest BCUT2D eigenvalue weighted by Crippen LogP contribution is 2.44. The number of para-hydroxylation sites is 1. The summed E-state index contributed by atoms with van der Waals surface area (Å²) >= 11 is 0. The Morgan fingerprint density at radius 2 is 1.16 bits per heavy atom. The van der Waals surface area contributed by atoms with Crippen molar-refractivity contribution in [1.29, 1.82) is 0 Å². The van der Waals surface area contributed by atoms with E-state index in [2.05, 4.69) is 57.2 Å². The van der Waals surface area contributed by atoms with Gasteiger partial charge in [0.2, 0.25) is 0 Å². The van der Waals surface area contributed by atoms with E-state index in [9.17, 15) is 0 Å². The number of rotatable bonds is 6. The topological polar surface area (TPSA) is 27.7 Å². The van der Waals surface area contributed by atoms with Crippen molar-refractivity contribution < 1.29 is 14.2 Å². The van der Waals surface area contributed by atoms with Gasteiger partial charge in [0.05, 0.1) is 14.2 Å². The van der Waals surface area contributed by atoms with Crippen molar-refractivity contribution in [1.82, 2.24) is 0 Å². The molecule has 0 aliphatic heterocycles. The molecule has 3 heteroatoms. The molecule has 32 heavy (non-hydrogen) atoms. The zero-order valence-electron chi connectivity index (χ0n) is 19.2. The first kappa shape index (κ1) is 21.5. The van der Waals surface area contributed by atoms with Crippen LogP contribution in [0.4, 0.5) is 0 Å². The second-order valence-corrected chi connectivity index (χ2v) is 7.92. The summed E-state index contributed by atoms with van der Waals surface area (Å²) in [6.07, 6.45) is 0.